The summed E-state index contributed by atoms with van der Waals surface area (Å²) in [6, 6.07) is 0. The SMILES string of the molecule is O.O=C(O)CC(=O)O.[CaH2]. The van der Waals surface area contributed by atoms with E-state index in [1.807, 2.05) is 0 Å². The standard InChI is InChI=1S/C3H4O4.Ca.H2O.2H/c4-2(5)1-3(6)7;;;;/h1H2,(H,4,5)(H,6,7);;1H2;;. The van der Waals surface area contributed by atoms with Gasteiger partial charge in [0.2, 0.25) is 0 Å². The molecule has 0 aliphatic carbocycles. The summed E-state index contributed by atoms with van der Waals surface area (Å²) in [5.74, 6) is -2.62. The van der Waals surface area contributed by atoms with E-state index < -0.39 is 18.4 Å². The van der Waals surface area contributed by atoms with E-state index >= 15 is 0 Å². The van der Waals surface area contributed by atoms with E-state index in [1.165, 1.54) is 0 Å². The van der Waals surface area contributed by atoms with Crippen molar-refractivity contribution in [3.05, 3.63) is 0 Å². The van der Waals surface area contributed by atoms with Crippen molar-refractivity contribution < 1.29 is 25.3 Å². The monoisotopic (exact) mass is 164 g/mol. The van der Waals surface area contributed by atoms with Crippen molar-refractivity contribution in [2.24, 2.45) is 0 Å². The quantitative estimate of drug-likeness (QED) is 0.357. The Balaban J connectivity index is -0.000000180. The van der Waals surface area contributed by atoms with Crippen molar-refractivity contribution in [3.8, 4) is 0 Å². The molecule has 0 radical (unpaired) electrons. The maximum absolute atomic E-state index is 9.43. The molecule has 4 N–H and O–H groups in total. The maximum atomic E-state index is 9.43. The van der Waals surface area contributed by atoms with Crippen LogP contribution in [0.4, 0.5) is 0 Å². The fourth-order valence-electron chi connectivity index (χ4n) is 0.129. The van der Waals surface area contributed by atoms with Gasteiger partial charge in [-0.05, 0) is 0 Å². The van der Waals surface area contributed by atoms with E-state index in [4.69, 9.17) is 10.2 Å². The third-order valence-corrected chi connectivity index (χ3v) is 0.302. The Morgan fingerprint density at radius 1 is 1.11 bits per heavy atom. The summed E-state index contributed by atoms with van der Waals surface area (Å²) in [6.45, 7) is 0. The Kier molecular flexibility index (Phi) is 14.6. The van der Waals surface area contributed by atoms with Crippen LogP contribution in [0, 0.1) is 0 Å². The summed E-state index contributed by atoms with van der Waals surface area (Å²) >= 11 is 0. The molecule has 0 saturated carbocycles. The molecular formula is C3H8CaO5. The Bertz CT molecular complexity index is 88.4. The van der Waals surface area contributed by atoms with Crippen LogP contribution in [-0.4, -0.2) is 65.4 Å². The molecule has 0 aromatic rings. The summed E-state index contributed by atoms with van der Waals surface area (Å²) in [4.78, 5) is 18.9. The van der Waals surface area contributed by atoms with Crippen molar-refractivity contribution in [1.82, 2.24) is 0 Å². The Morgan fingerprint density at radius 2 is 1.33 bits per heavy atom. The minimum atomic E-state index is -1.31. The van der Waals surface area contributed by atoms with Crippen LogP contribution in [-0.2, 0) is 9.59 Å². The zero-order valence-corrected chi connectivity index (χ0v) is 3.92. The topological polar surface area (TPSA) is 106 Å². The zero-order valence-electron chi connectivity index (χ0n) is 3.92. The number of rotatable bonds is 2. The zero-order chi connectivity index (χ0) is 5.86. The third-order valence-electron chi connectivity index (χ3n) is 0.302. The first-order valence-corrected chi connectivity index (χ1v) is 1.56. The number of carboxylic acid groups (broad SMARTS) is 2. The van der Waals surface area contributed by atoms with Gasteiger partial charge in [-0.3, -0.25) is 9.59 Å². The molecule has 5 nitrogen and oxygen atoms in total. The second kappa shape index (κ2) is 8.16. The third kappa shape index (κ3) is 17.9. The molecule has 0 heterocycles. The van der Waals surface area contributed by atoms with E-state index in [-0.39, 0.29) is 43.2 Å². The number of hydrogen-bond acceptors (Lipinski definition) is 2. The summed E-state index contributed by atoms with van der Waals surface area (Å²) < 4.78 is 0. The van der Waals surface area contributed by atoms with Crippen LogP contribution in [0.2, 0.25) is 0 Å². The molecule has 0 amide bonds. The summed E-state index contributed by atoms with van der Waals surface area (Å²) in [7, 11) is 0. The van der Waals surface area contributed by atoms with Gasteiger partial charge in [0.15, 0.2) is 0 Å². The molecule has 52 valence electrons. The molecule has 0 saturated heterocycles. The predicted molar refractivity (Wildman–Crippen MR) is 32.0 cm³/mol. The first-order valence-electron chi connectivity index (χ1n) is 1.56. The molecule has 0 rings (SSSR count). The van der Waals surface area contributed by atoms with Crippen LogP contribution in [0.5, 0.6) is 0 Å². The first kappa shape index (κ1) is 16.1. The van der Waals surface area contributed by atoms with Gasteiger partial charge in [0.25, 0.3) is 0 Å². The number of carboxylic acids is 2. The van der Waals surface area contributed by atoms with E-state index in [9.17, 15) is 9.59 Å². The molecule has 0 aromatic carbocycles. The van der Waals surface area contributed by atoms with Crippen molar-refractivity contribution in [2.45, 2.75) is 6.42 Å². The Hall–Kier alpha value is 0.160. The first-order chi connectivity index (χ1) is 3.13. The Morgan fingerprint density at radius 3 is 1.33 bits per heavy atom. The average Bonchev–Trinajstić information content (AvgIpc) is 1.27. The summed E-state index contributed by atoms with van der Waals surface area (Å²) in [5.41, 5.74) is 0. The Labute approximate surface area is 81.0 Å². The van der Waals surface area contributed by atoms with E-state index in [0.29, 0.717) is 0 Å². The summed E-state index contributed by atoms with van der Waals surface area (Å²) in [5, 5.41) is 15.4. The number of carbonyl (C=O) groups is 2. The fourth-order valence-corrected chi connectivity index (χ4v) is 0.129. The molecule has 0 aliphatic rings. The van der Waals surface area contributed by atoms with Crippen molar-refractivity contribution in [3.63, 3.8) is 0 Å². The van der Waals surface area contributed by atoms with Gasteiger partial charge in [0, 0.05) is 0 Å². The van der Waals surface area contributed by atoms with Crippen molar-refractivity contribution in [2.75, 3.05) is 0 Å². The van der Waals surface area contributed by atoms with Gasteiger partial charge in [-0.2, -0.15) is 0 Å². The van der Waals surface area contributed by atoms with Gasteiger partial charge in [-0.25, -0.2) is 0 Å². The molecular weight excluding hydrogens is 156 g/mol. The molecule has 0 aliphatic heterocycles. The van der Waals surface area contributed by atoms with Gasteiger partial charge in [-0.1, -0.05) is 0 Å². The van der Waals surface area contributed by atoms with Crippen molar-refractivity contribution in [1.29, 1.82) is 0 Å². The van der Waals surface area contributed by atoms with E-state index in [2.05, 4.69) is 0 Å². The van der Waals surface area contributed by atoms with Crippen LogP contribution in [0.1, 0.15) is 6.42 Å². The van der Waals surface area contributed by atoms with Crippen LogP contribution >= 0.6 is 0 Å². The van der Waals surface area contributed by atoms with Gasteiger partial charge >= 0.3 is 49.7 Å². The second-order valence-electron chi connectivity index (χ2n) is 0.964. The summed E-state index contributed by atoms with van der Waals surface area (Å²) in [6.07, 6.45) is -0.806. The molecule has 9 heavy (non-hydrogen) atoms. The van der Waals surface area contributed by atoms with Crippen LogP contribution in [0.15, 0.2) is 0 Å². The van der Waals surface area contributed by atoms with Crippen LogP contribution in [0.3, 0.4) is 0 Å². The van der Waals surface area contributed by atoms with Crippen LogP contribution < -0.4 is 0 Å². The molecule has 0 fully saturated rings. The van der Waals surface area contributed by atoms with Gasteiger partial charge in [0.05, 0.1) is 0 Å². The normalized spacial score (nSPS) is 6.22. The van der Waals surface area contributed by atoms with Crippen LogP contribution in [0.25, 0.3) is 0 Å². The molecule has 0 spiro atoms. The molecule has 0 atom stereocenters. The molecule has 0 bridgehead atoms. The predicted octanol–water partition coefficient (Wildman–Crippen LogP) is -2.20. The average molecular weight is 164 g/mol. The number of hydrogen-bond donors (Lipinski definition) is 2. The van der Waals surface area contributed by atoms with Gasteiger partial charge < -0.3 is 15.7 Å². The van der Waals surface area contributed by atoms with Crippen molar-refractivity contribution >= 4 is 49.7 Å². The van der Waals surface area contributed by atoms with E-state index in [0.717, 1.165) is 0 Å². The minimum absolute atomic E-state index is 0. The fraction of sp³-hybridized carbons (Fsp3) is 0.333. The van der Waals surface area contributed by atoms with Gasteiger partial charge in [-0.15, -0.1) is 0 Å². The molecule has 6 heteroatoms. The number of aliphatic carboxylic acids is 2. The van der Waals surface area contributed by atoms with E-state index in [1.54, 1.807) is 0 Å². The molecule has 0 unspecified atom stereocenters. The van der Waals surface area contributed by atoms with Gasteiger partial charge in [0.1, 0.15) is 6.42 Å². The second-order valence-corrected chi connectivity index (χ2v) is 0.964. The molecule has 0 aromatic heterocycles.